The van der Waals surface area contributed by atoms with Crippen molar-refractivity contribution in [3.05, 3.63) is 30.1 Å². The maximum atomic E-state index is 14.1. The van der Waals surface area contributed by atoms with Crippen LogP contribution in [-0.2, 0) is 15.9 Å². The smallest absolute Gasteiger partial charge is 0.488 e. The average molecular weight is 442 g/mol. The van der Waals surface area contributed by atoms with E-state index in [0.29, 0.717) is 0 Å². The molecule has 1 fully saturated rings. The third-order valence-corrected chi connectivity index (χ3v) is 4.64. The molecular weight excluding hydrogens is 420 g/mol. The van der Waals surface area contributed by atoms with Gasteiger partial charge in [0.15, 0.2) is 5.82 Å². The molecule has 0 bridgehead atoms. The number of nitrogens with zero attached hydrogens (tertiary/aromatic N) is 2. The molecule has 0 saturated carbocycles. The second-order valence-corrected chi connectivity index (χ2v) is 8.31. The number of nitrogens with one attached hydrogen (secondary N) is 2. The fourth-order valence-electron chi connectivity index (χ4n) is 3.23. The zero-order valence-electron chi connectivity index (χ0n) is 17.3. The first-order chi connectivity index (χ1) is 14.2. The Morgan fingerprint density at radius 2 is 1.90 bits per heavy atom. The van der Waals surface area contributed by atoms with Crippen molar-refractivity contribution in [2.45, 2.75) is 39.6 Å². The van der Waals surface area contributed by atoms with E-state index in [4.69, 9.17) is 4.74 Å². The maximum absolute atomic E-state index is 14.1. The van der Waals surface area contributed by atoms with Gasteiger partial charge in [-0.3, -0.25) is 9.59 Å². The highest BCUT2D eigenvalue weighted by Crippen LogP contribution is 2.34. The van der Waals surface area contributed by atoms with Crippen molar-refractivity contribution in [2.75, 3.05) is 11.9 Å². The molecule has 2 atom stereocenters. The summed E-state index contributed by atoms with van der Waals surface area (Å²) >= 11 is 0. The monoisotopic (exact) mass is 442 g/mol. The minimum Gasteiger partial charge on any atom is -0.488 e. The number of carbonyl (C=O) groups is 2. The van der Waals surface area contributed by atoms with Crippen molar-refractivity contribution in [1.29, 1.82) is 0 Å². The van der Waals surface area contributed by atoms with Gasteiger partial charge < -0.3 is 15.4 Å². The van der Waals surface area contributed by atoms with Gasteiger partial charge in [0.1, 0.15) is 17.2 Å². The summed E-state index contributed by atoms with van der Waals surface area (Å²) in [7, 11) is 0. The van der Waals surface area contributed by atoms with Crippen molar-refractivity contribution in [3.8, 4) is 17.0 Å². The van der Waals surface area contributed by atoms with E-state index in [-0.39, 0.29) is 34.3 Å². The second-order valence-electron chi connectivity index (χ2n) is 8.31. The number of amides is 2. The van der Waals surface area contributed by atoms with Crippen LogP contribution in [0.3, 0.4) is 0 Å². The van der Waals surface area contributed by atoms with Crippen LogP contribution in [0, 0.1) is 17.7 Å². The Morgan fingerprint density at radius 1 is 1.23 bits per heavy atom. The van der Waals surface area contributed by atoms with Crippen molar-refractivity contribution < 1.29 is 31.9 Å². The lowest BCUT2D eigenvalue weighted by Gasteiger charge is -2.22. The van der Waals surface area contributed by atoms with Crippen molar-refractivity contribution >= 4 is 17.6 Å². The van der Waals surface area contributed by atoms with Gasteiger partial charge in [-0.1, -0.05) is 6.92 Å². The Hall–Kier alpha value is -3.11. The molecule has 1 aliphatic heterocycles. The number of halogens is 4. The van der Waals surface area contributed by atoms with E-state index < -0.39 is 41.2 Å². The number of rotatable bonds is 4. The van der Waals surface area contributed by atoms with E-state index in [0.717, 1.165) is 18.2 Å². The molecule has 2 N–H and O–H groups in total. The number of ether oxygens (including phenoxy) is 1. The molecule has 3 rings (SSSR count). The Morgan fingerprint density at radius 3 is 2.45 bits per heavy atom. The van der Waals surface area contributed by atoms with Crippen LogP contribution in [0.4, 0.5) is 23.4 Å². The van der Waals surface area contributed by atoms with Gasteiger partial charge in [-0.2, -0.15) is 4.68 Å². The van der Waals surface area contributed by atoms with Gasteiger partial charge >= 0.3 is 6.30 Å². The van der Waals surface area contributed by atoms with Crippen LogP contribution in [-0.4, -0.2) is 33.7 Å². The Kier molecular flexibility index (Phi) is 5.72. The number of benzene rings is 1. The van der Waals surface area contributed by atoms with Gasteiger partial charge in [0.25, 0.3) is 0 Å². The first-order valence-corrected chi connectivity index (χ1v) is 9.50. The molecule has 2 heterocycles. The Labute approximate surface area is 175 Å². The average Bonchev–Trinajstić information content (AvgIpc) is 3.17. The second kappa shape index (κ2) is 7.86. The highest BCUT2D eigenvalue weighted by Gasteiger charge is 2.38. The molecule has 1 saturated heterocycles. The lowest BCUT2D eigenvalue weighted by atomic mass is 9.97. The Balaban J connectivity index is 1.97. The first kappa shape index (κ1) is 22.6. The van der Waals surface area contributed by atoms with E-state index in [9.17, 15) is 27.2 Å². The predicted octanol–water partition coefficient (Wildman–Crippen LogP) is 3.66. The van der Waals surface area contributed by atoms with Crippen molar-refractivity contribution in [3.63, 3.8) is 0 Å². The summed E-state index contributed by atoms with van der Waals surface area (Å²) in [5, 5.41) is 8.28. The molecule has 1 aromatic carbocycles. The SMILES string of the molecule is C[C@H]1C(=O)NC[C@@H]1C(=O)Nc1cc(-c2cc(F)cc(OC(C)(C)C)c2)n(C(F)(F)F)n1. The largest absolute Gasteiger partial charge is 0.505 e. The molecular formula is C20H22F4N4O3. The van der Waals surface area contributed by atoms with Gasteiger partial charge in [0.05, 0.1) is 11.6 Å². The molecule has 11 heteroatoms. The van der Waals surface area contributed by atoms with E-state index in [1.807, 2.05) is 0 Å². The van der Waals surface area contributed by atoms with Crippen LogP contribution in [0.2, 0.25) is 0 Å². The van der Waals surface area contributed by atoms with Gasteiger partial charge in [-0.25, -0.2) is 4.39 Å². The van der Waals surface area contributed by atoms with Gasteiger partial charge in [0.2, 0.25) is 11.8 Å². The number of hydrogen-bond acceptors (Lipinski definition) is 4. The zero-order valence-corrected chi connectivity index (χ0v) is 17.3. The Bertz CT molecular complexity index is 1010. The predicted molar refractivity (Wildman–Crippen MR) is 104 cm³/mol. The molecule has 0 radical (unpaired) electrons. The molecule has 2 aromatic rings. The highest BCUT2D eigenvalue weighted by molar-refractivity contribution is 5.97. The van der Waals surface area contributed by atoms with E-state index in [1.165, 1.54) is 6.07 Å². The molecule has 1 aliphatic rings. The summed E-state index contributed by atoms with van der Waals surface area (Å²) in [6.07, 6.45) is -4.92. The van der Waals surface area contributed by atoms with Crippen LogP contribution >= 0.6 is 0 Å². The summed E-state index contributed by atoms with van der Waals surface area (Å²) in [5.74, 6) is -3.43. The summed E-state index contributed by atoms with van der Waals surface area (Å²) in [5.41, 5.74) is -1.30. The van der Waals surface area contributed by atoms with Gasteiger partial charge in [-0.05, 0) is 32.9 Å². The lowest BCUT2D eigenvalue weighted by molar-refractivity contribution is -0.210. The topological polar surface area (TPSA) is 85.3 Å². The molecule has 31 heavy (non-hydrogen) atoms. The molecule has 0 unspecified atom stereocenters. The van der Waals surface area contributed by atoms with Gasteiger partial charge in [0, 0.05) is 30.2 Å². The molecule has 1 aromatic heterocycles. The molecule has 168 valence electrons. The third-order valence-electron chi connectivity index (χ3n) is 4.64. The minimum atomic E-state index is -4.92. The first-order valence-electron chi connectivity index (χ1n) is 9.50. The van der Waals surface area contributed by atoms with Crippen LogP contribution in [0.1, 0.15) is 27.7 Å². The van der Waals surface area contributed by atoms with Crippen LogP contribution in [0.15, 0.2) is 24.3 Å². The maximum Gasteiger partial charge on any atom is 0.505 e. The van der Waals surface area contributed by atoms with Crippen molar-refractivity contribution in [2.24, 2.45) is 11.8 Å². The quantitative estimate of drug-likeness (QED) is 0.708. The lowest BCUT2D eigenvalue weighted by Crippen LogP contribution is -2.28. The fraction of sp³-hybridized carbons (Fsp3) is 0.450. The van der Waals surface area contributed by atoms with E-state index >= 15 is 0 Å². The normalized spacial score (nSPS) is 19.3. The highest BCUT2D eigenvalue weighted by atomic mass is 19.4. The molecule has 0 spiro atoms. The number of anilines is 1. The van der Waals surface area contributed by atoms with Crippen LogP contribution in [0.25, 0.3) is 11.3 Å². The number of aromatic nitrogens is 2. The number of hydrogen-bond donors (Lipinski definition) is 2. The fourth-order valence-corrected chi connectivity index (χ4v) is 3.23. The molecule has 7 nitrogen and oxygen atoms in total. The summed E-state index contributed by atoms with van der Waals surface area (Å²) < 4.78 is 60.2. The molecule has 2 amide bonds. The van der Waals surface area contributed by atoms with Gasteiger partial charge in [-0.15, -0.1) is 18.3 Å². The number of alkyl halides is 3. The van der Waals surface area contributed by atoms with Crippen LogP contribution < -0.4 is 15.4 Å². The molecule has 0 aliphatic carbocycles. The summed E-state index contributed by atoms with van der Waals surface area (Å²) in [6.45, 7) is 6.78. The van der Waals surface area contributed by atoms with E-state index in [1.54, 1.807) is 27.7 Å². The van der Waals surface area contributed by atoms with Crippen LogP contribution in [0.5, 0.6) is 5.75 Å². The van der Waals surface area contributed by atoms with Crippen molar-refractivity contribution in [1.82, 2.24) is 15.1 Å². The summed E-state index contributed by atoms with van der Waals surface area (Å²) in [6, 6.07) is 4.25. The standard InChI is InChI=1S/C20H22F4N4O3/c1-10-14(9-25-17(10)29)18(30)26-16-8-15(28(27-16)20(22,23)24)11-5-12(21)7-13(6-11)31-19(2,3)4/h5-8,10,14H,9H2,1-4H3,(H,25,29)(H,26,27,30)/t10-,14+/m1/s1. The van der Waals surface area contributed by atoms with E-state index in [2.05, 4.69) is 15.7 Å². The summed E-state index contributed by atoms with van der Waals surface area (Å²) in [4.78, 5) is 24.0. The minimum absolute atomic E-state index is 0.0485. The third kappa shape index (κ3) is 5.15. The zero-order chi connectivity index (χ0) is 23.1. The number of carbonyl (C=O) groups excluding carboxylic acids is 2.